The van der Waals surface area contributed by atoms with Gasteiger partial charge in [-0.05, 0) is 51.8 Å². The van der Waals surface area contributed by atoms with E-state index in [4.69, 9.17) is 4.74 Å². The monoisotopic (exact) mass is 448 g/mol. The molecule has 4 heterocycles. The Morgan fingerprint density at radius 1 is 1.06 bits per heavy atom. The first-order valence-corrected chi connectivity index (χ1v) is 11.3. The van der Waals surface area contributed by atoms with Crippen LogP contribution in [0, 0.1) is 6.92 Å². The first kappa shape index (κ1) is 24.1. The molecule has 33 heavy (non-hydrogen) atoms. The van der Waals surface area contributed by atoms with Gasteiger partial charge in [-0.25, -0.2) is 19.3 Å². The van der Waals surface area contributed by atoms with E-state index >= 15 is 0 Å². The van der Waals surface area contributed by atoms with Crippen molar-refractivity contribution in [2.24, 2.45) is 0 Å². The van der Waals surface area contributed by atoms with Gasteiger partial charge in [0.05, 0.1) is 5.52 Å². The maximum Gasteiger partial charge on any atom is 0.413 e. The molecule has 0 aromatic carbocycles. The maximum atomic E-state index is 12.1. The molecule has 0 fully saturated rings. The van der Waals surface area contributed by atoms with E-state index < -0.39 is 11.7 Å². The summed E-state index contributed by atoms with van der Waals surface area (Å²) in [6, 6.07) is 5.93. The van der Waals surface area contributed by atoms with Gasteiger partial charge in [0.1, 0.15) is 17.7 Å². The Hall–Kier alpha value is -3.55. The molecule has 8 heteroatoms. The van der Waals surface area contributed by atoms with Gasteiger partial charge in [0.25, 0.3) is 0 Å². The molecule has 0 aliphatic rings. The molecule has 4 rings (SSSR count). The highest BCUT2D eigenvalue weighted by Crippen LogP contribution is 2.31. The summed E-state index contributed by atoms with van der Waals surface area (Å²) in [6.07, 6.45) is 6.59. The van der Waals surface area contributed by atoms with Crippen LogP contribution in [-0.4, -0.2) is 36.3 Å². The highest BCUT2D eigenvalue weighted by atomic mass is 16.6. The molecule has 0 spiro atoms. The molecule has 0 bridgehead atoms. The van der Waals surface area contributed by atoms with E-state index in [2.05, 4.69) is 45.3 Å². The Labute approximate surface area is 194 Å². The zero-order valence-corrected chi connectivity index (χ0v) is 20.4. The Morgan fingerprint density at radius 3 is 2.48 bits per heavy atom. The number of aromatic nitrogens is 5. The number of ether oxygens (including phenoxy) is 1. The van der Waals surface area contributed by atoms with Crippen molar-refractivity contribution in [3.05, 3.63) is 48.2 Å². The molecule has 0 saturated carbocycles. The number of nitrogens with zero attached hydrogens (tertiary/aromatic N) is 5. The summed E-state index contributed by atoms with van der Waals surface area (Å²) in [5.74, 6) is 0.382. The number of amides is 1. The van der Waals surface area contributed by atoms with Crippen LogP contribution in [0.2, 0.25) is 0 Å². The van der Waals surface area contributed by atoms with Gasteiger partial charge in [-0.15, -0.1) is 0 Å². The number of nitrogens with one attached hydrogen (secondary N) is 1. The Morgan fingerprint density at radius 2 is 1.82 bits per heavy atom. The molecule has 8 nitrogen and oxygen atoms in total. The lowest BCUT2D eigenvalue weighted by atomic mass is 10.0. The summed E-state index contributed by atoms with van der Waals surface area (Å²) in [7, 11) is 0. The highest BCUT2D eigenvalue weighted by molar-refractivity contribution is 5.93. The fourth-order valence-electron chi connectivity index (χ4n) is 3.54. The van der Waals surface area contributed by atoms with Gasteiger partial charge in [-0.3, -0.25) is 10.3 Å². The van der Waals surface area contributed by atoms with Gasteiger partial charge >= 0.3 is 6.09 Å². The predicted molar refractivity (Wildman–Crippen MR) is 131 cm³/mol. The minimum atomic E-state index is -0.590. The van der Waals surface area contributed by atoms with Crippen LogP contribution in [0.3, 0.4) is 0 Å². The first-order chi connectivity index (χ1) is 15.7. The molecule has 0 saturated heterocycles. The summed E-state index contributed by atoms with van der Waals surface area (Å²) in [5, 5.41) is 7.95. The van der Waals surface area contributed by atoms with Crippen LogP contribution in [0.15, 0.2) is 36.9 Å². The van der Waals surface area contributed by atoms with Crippen molar-refractivity contribution in [1.29, 1.82) is 0 Å². The second-order valence-electron chi connectivity index (χ2n) is 8.55. The van der Waals surface area contributed by atoms with Gasteiger partial charge < -0.3 is 4.74 Å². The van der Waals surface area contributed by atoms with Crippen LogP contribution in [-0.2, 0) is 11.2 Å². The van der Waals surface area contributed by atoms with Gasteiger partial charge in [0.15, 0.2) is 5.65 Å². The van der Waals surface area contributed by atoms with Crippen molar-refractivity contribution in [1.82, 2.24) is 24.6 Å². The fraction of sp³-hybridized carbons (Fsp3) is 0.400. The number of carbonyl (C=O) groups is 1. The summed E-state index contributed by atoms with van der Waals surface area (Å²) in [6.45, 7) is 13.7. The molecule has 174 valence electrons. The van der Waals surface area contributed by atoms with Crippen molar-refractivity contribution in [2.45, 2.75) is 66.9 Å². The average molecular weight is 449 g/mol. The molecular weight excluding hydrogens is 416 g/mol. The average Bonchev–Trinajstić information content (AvgIpc) is 3.24. The lowest BCUT2D eigenvalue weighted by molar-refractivity contribution is 0.0635. The minimum absolute atomic E-state index is 0.382. The third-order valence-corrected chi connectivity index (χ3v) is 4.82. The van der Waals surface area contributed by atoms with Crippen molar-refractivity contribution in [2.75, 3.05) is 5.32 Å². The fourth-order valence-corrected chi connectivity index (χ4v) is 3.54. The quantitative estimate of drug-likeness (QED) is 0.413. The number of fused-ring (bicyclic) bond motifs is 3. The van der Waals surface area contributed by atoms with Crippen molar-refractivity contribution < 1.29 is 9.53 Å². The standard InChI is InChI=1S/C23H26N6O2.C2H6/c1-6-7-16-8-14(2)18(12-24-16)17-9-15-11-25-20(28-22(30)31-23(3,4)5)10-19(15)29-21(17)26-13-27-29;1-2/h8-13H,6-7H2,1-5H3,(H,25,28,30);1-2H3. The number of hydrogen-bond acceptors (Lipinski definition) is 6. The summed E-state index contributed by atoms with van der Waals surface area (Å²) in [5.41, 5.74) is 5.08. The molecule has 1 amide bonds. The van der Waals surface area contributed by atoms with Crippen LogP contribution in [0.5, 0.6) is 0 Å². The number of pyridine rings is 3. The molecule has 4 aromatic rings. The van der Waals surface area contributed by atoms with E-state index in [1.807, 2.05) is 46.9 Å². The van der Waals surface area contributed by atoms with Crippen LogP contribution < -0.4 is 5.32 Å². The Balaban J connectivity index is 0.00000149. The first-order valence-electron chi connectivity index (χ1n) is 11.3. The third kappa shape index (κ3) is 5.45. The SMILES string of the molecule is CC.CCCc1cc(C)c(-c2cc3cnc(NC(=O)OC(C)(C)C)cc3n3ncnc23)cn1. The lowest BCUT2D eigenvalue weighted by Gasteiger charge is -2.19. The largest absolute Gasteiger partial charge is 0.444 e. The minimum Gasteiger partial charge on any atom is -0.444 e. The van der Waals surface area contributed by atoms with Crippen molar-refractivity contribution in [3.8, 4) is 11.1 Å². The van der Waals surface area contributed by atoms with E-state index in [0.717, 1.165) is 51.8 Å². The summed E-state index contributed by atoms with van der Waals surface area (Å²) in [4.78, 5) is 25.6. The van der Waals surface area contributed by atoms with Crippen molar-refractivity contribution in [3.63, 3.8) is 0 Å². The number of carbonyl (C=O) groups excluding carboxylic acids is 1. The van der Waals surface area contributed by atoms with E-state index in [0.29, 0.717) is 5.82 Å². The normalized spacial score (nSPS) is 11.2. The van der Waals surface area contributed by atoms with Crippen LogP contribution in [0.25, 0.3) is 27.7 Å². The predicted octanol–water partition coefficient (Wildman–Crippen LogP) is 5.97. The van der Waals surface area contributed by atoms with Crippen LogP contribution in [0.1, 0.15) is 59.2 Å². The van der Waals surface area contributed by atoms with E-state index in [9.17, 15) is 4.79 Å². The van der Waals surface area contributed by atoms with Crippen molar-refractivity contribution >= 4 is 28.5 Å². The molecule has 0 aliphatic carbocycles. The molecule has 1 N–H and O–H groups in total. The smallest absolute Gasteiger partial charge is 0.413 e. The molecule has 0 unspecified atom stereocenters. The highest BCUT2D eigenvalue weighted by Gasteiger charge is 2.18. The van der Waals surface area contributed by atoms with E-state index in [-0.39, 0.29) is 0 Å². The van der Waals surface area contributed by atoms with E-state index in [1.54, 1.807) is 16.8 Å². The van der Waals surface area contributed by atoms with Crippen LogP contribution >= 0.6 is 0 Å². The summed E-state index contributed by atoms with van der Waals surface area (Å²) >= 11 is 0. The molecule has 0 aliphatic heterocycles. The molecule has 0 radical (unpaired) electrons. The number of rotatable bonds is 4. The summed E-state index contributed by atoms with van der Waals surface area (Å²) < 4.78 is 7.07. The second-order valence-corrected chi connectivity index (χ2v) is 8.55. The molecular formula is C25H32N6O2. The number of aryl methyl sites for hydroxylation is 2. The zero-order valence-electron chi connectivity index (χ0n) is 20.4. The Kier molecular flexibility index (Phi) is 7.26. The number of hydrogen-bond donors (Lipinski definition) is 1. The third-order valence-electron chi connectivity index (χ3n) is 4.82. The lowest BCUT2D eigenvalue weighted by Crippen LogP contribution is -2.27. The zero-order chi connectivity index (χ0) is 24.2. The van der Waals surface area contributed by atoms with Gasteiger partial charge in [-0.1, -0.05) is 27.2 Å². The van der Waals surface area contributed by atoms with Crippen LogP contribution in [0.4, 0.5) is 10.6 Å². The van der Waals surface area contributed by atoms with Gasteiger partial charge in [0.2, 0.25) is 0 Å². The van der Waals surface area contributed by atoms with Gasteiger partial charge in [0, 0.05) is 40.7 Å². The van der Waals surface area contributed by atoms with E-state index in [1.165, 1.54) is 6.33 Å². The topological polar surface area (TPSA) is 94.3 Å². The van der Waals surface area contributed by atoms with Gasteiger partial charge in [-0.2, -0.15) is 5.10 Å². The number of anilines is 1. The second kappa shape index (κ2) is 9.94. The molecule has 0 atom stereocenters. The maximum absolute atomic E-state index is 12.1. The molecule has 4 aromatic heterocycles. The Bertz CT molecular complexity index is 1270.